The zero-order valence-electron chi connectivity index (χ0n) is 12.8. The number of amides is 1. The molecule has 0 saturated carbocycles. The zero-order valence-corrected chi connectivity index (χ0v) is 13.5. The summed E-state index contributed by atoms with van der Waals surface area (Å²) in [6.07, 6.45) is 2.69. The first-order valence-corrected chi connectivity index (χ1v) is 8.02. The summed E-state index contributed by atoms with van der Waals surface area (Å²) in [5.74, 6) is 1.15. The molecule has 0 unspecified atom stereocenters. The Morgan fingerprint density at radius 2 is 2.04 bits per heavy atom. The van der Waals surface area contributed by atoms with Crippen molar-refractivity contribution in [3.63, 3.8) is 0 Å². The molecule has 0 aliphatic carbocycles. The van der Waals surface area contributed by atoms with Crippen LogP contribution in [0.2, 0.25) is 5.02 Å². The first-order chi connectivity index (χ1) is 11.7. The monoisotopic (exact) mass is 342 g/mol. The van der Waals surface area contributed by atoms with Crippen molar-refractivity contribution in [2.75, 3.05) is 13.3 Å². The fourth-order valence-electron chi connectivity index (χ4n) is 2.82. The SMILES string of the molecule is O=C(NCCc1c[nH]c2cc(Cl)ccc12)c1ccc2c(c1)OCO2. The van der Waals surface area contributed by atoms with Gasteiger partial charge in [0.2, 0.25) is 6.79 Å². The van der Waals surface area contributed by atoms with E-state index in [4.69, 9.17) is 21.1 Å². The van der Waals surface area contributed by atoms with Gasteiger partial charge in [0, 0.05) is 34.2 Å². The normalized spacial score (nSPS) is 12.5. The minimum absolute atomic E-state index is 0.129. The van der Waals surface area contributed by atoms with Gasteiger partial charge in [-0.05, 0) is 42.3 Å². The highest BCUT2D eigenvalue weighted by Gasteiger charge is 2.16. The molecule has 1 aliphatic rings. The van der Waals surface area contributed by atoms with Gasteiger partial charge in [0.15, 0.2) is 11.5 Å². The summed E-state index contributed by atoms with van der Waals surface area (Å²) in [6, 6.07) is 10.9. The van der Waals surface area contributed by atoms with Crippen molar-refractivity contribution < 1.29 is 14.3 Å². The smallest absolute Gasteiger partial charge is 0.251 e. The predicted molar refractivity (Wildman–Crippen MR) is 91.9 cm³/mol. The lowest BCUT2D eigenvalue weighted by atomic mass is 10.1. The van der Waals surface area contributed by atoms with Gasteiger partial charge in [0.05, 0.1) is 0 Å². The highest BCUT2D eigenvalue weighted by molar-refractivity contribution is 6.31. The molecular formula is C18H15ClN2O3. The number of benzene rings is 2. The molecule has 1 amide bonds. The maximum absolute atomic E-state index is 12.2. The number of halogens is 1. The minimum atomic E-state index is -0.129. The third kappa shape index (κ3) is 2.78. The van der Waals surface area contributed by atoms with Gasteiger partial charge in [-0.2, -0.15) is 0 Å². The topological polar surface area (TPSA) is 63.4 Å². The molecule has 6 heteroatoms. The molecule has 5 nitrogen and oxygen atoms in total. The molecule has 0 atom stereocenters. The van der Waals surface area contributed by atoms with Crippen LogP contribution in [0.4, 0.5) is 0 Å². The largest absolute Gasteiger partial charge is 0.454 e. The van der Waals surface area contributed by atoms with E-state index in [-0.39, 0.29) is 12.7 Å². The van der Waals surface area contributed by atoms with Gasteiger partial charge in [0.25, 0.3) is 5.91 Å². The molecule has 24 heavy (non-hydrogen) atoms. The second kappa shape index (κ2) is 6.09. The maximum atomic E-state index is 12.2. The number of aromatic amines is 1. The Morgan fingerprint density at radius 3 is 2.96 bits per heavy atom. The predicted octanol–water partition coefficient (Wildman–Crippen LogP) is 3.52. The minimum Gasteiger partial charge on any atom is -0.454 e. The summed E-state index contributed by atoms with van der Waals surface area (Å²) in [5, 5.41) is 4.75. The lowest BCUT2D eigenvalue weighted by Crippen LogP contribution is -2.25. The number of carbonyl (C=O) groups excluding carboxylic acids is 1. The fourth-order valence-corrected chi connectivity index (χ4v) is 2.99. The molecule has 2 N–H and O–H groups in total. The van der Waals surface area contributed by atoms with Crippen LogP contribution in [0.3, 0.4) is 0 Å². The summed E-state index contributed by atoms with van der Waals surface area (Å²) < 4.78 is 10.5. The Balaban J connectivity index is 1.40. The van der Waals surface area contributed by atoms with Gasteiger partial charge in [-0.3, -0.25) is 4.79 Å². The number of H-pyrrole nitrogens is 1. The van der Waals surface area contributed by atoms with Crippen molar-refractivity contribution in [3.8, 4) is 11.5 Å². The van der Waals surface area contributed by atoms with Crippen LogP contribution < -0.4 is 14.8 Å². The first kappa shape index (κ1) is 14.9. The lowest BCUT2D eigenvalue weighted by molar-refractivity contribution is 0.0953. The van der Waals surface area contributed by atoms with E-state index in [1.807, 2.05) is 24.4 Å². The summed E-state index contributed by atoms with van der Waals surface area (Å²) in [7, 11) is 0. The Labute approximate surface area is 143 Å². The molecule has 0 spiro atoms. The number of carbonyl (C=O) groups is 1. The van der Waals surface area contributed by atoms with E-state index in [0.717, 1.165) is 22.9 Å². The zero-order chi connectivity index (χ0) is 16.5. The van der Waals surface area contributed by atoms with Crippen LogP contribution in [0.25, 0.3) is 10.9 Å². The highest BCUT2D eigenvalue weighted by atomic mass is 35.5. The van der Waals surface area contributed by atoms with Crippen LogP contribution in [0.1, 0.15) is 15.9 Å². The number of hydrogen-bond acceptors (Lipinski definition) is 3. The van der Waals surface area contributed by atoms with Crippen LogP contribution in [-0.4, -0.2) is 24.2 Å². The van der Waals surface area contributed by atoms with Crippen LogP contribution in [0, 0.1) is 0 Å². The number of nitrogens with one attached hydrogen (secondary N) is 2. The van der Waals surface area contributed by atoms with E-state index in [2.05, 4.69) is 10.3 Å². The molecule has 122 valence electrons. The standard InChI is InChI=1S/C18H15ClN2O3/c19-13-2-3-14-12(9-21-15(14)8-13)5-6-20-18(22)11-1-4-16-17(7-11)24-10-23-16/h1-4,7-9,21H,5-6,10H2,(H,20,22). The molecule has 2 heterocycles. The van der Waals surface area contributed by atoms with E-state index in [9.17, 15) is 4.79 Å². The van der Waals surface area contributed by atoms with E-state index in [1.165, 1.54) is 0 Å². The Kier molecular flexibility index (Phi) is 3.78. The van der Waals surface area contributed by atoms with Crippen molar-refractivity contribution in [3.05, 3.63) is 58.7 Å². The number of hydrogen-bond donors (Lipinski definition) is 2. The van der Waals surface area contributed by atoms with Gasteiger partial charge < -0.3 is 19.8 Å². The molecule has 4 rings (SSSR count). The average molecular weight is 343 g/mol. The molecule has 0 fully saturated rings. The van der Waals surface area contributed by atoms with Crippen molar-refractivity contribution in [1.29, 1.82) is 0 Å². The second-order valence-corrected chi connectivity index (χ2v) is 6.01. The van der Waals surface area contributed by atoms with Crippen LogP contribution in [0.5, 0.6) is 11.5 Å². The summed E-state index contributed by atoms with van der Waals surface area (Å²) >= 11 is 5.99. The fraction of sp³-hybridized carbons (Fsp3) is 0.167. The van der Waals surface area contributed by atoms with Gasteiger partial charge in [-0.25, -0.2) is 0 Å². The van der Waals surface area contributed by atoms with Crippen molar-refractivity contribution in [2.45, 2.75) is 6.42 Å². The van der Waals surface area contributed by atoms with Gasteiger partial charge in [-0.1, -0.05) is 17.7 Å². The van der Waals surface area contributed by atoms with Crippen LogP contribution in [0.15, 0.2) is 42.6 Å². The number of fused-ring (bicyclic) bond motifs is 2. The van der Waals surface area contributed by atoms with Crippen molar-refractivity contribution in [2.24, 2.45) is 0 Å². The molecule has 1 aliphatic heterocycles. The summed E-state index contributed by atoms with van der Waals surface area (Å²) in [5.41, 5.74) is 2.71. The van der Waals surface area contributed by atoms with Crippen LogP contribution >= 0.6 is 11.6 Å². The molecular weight excluding hydrogens is 328 g/mol. The molecule has 0 saturated heterocycles. The Bertz CT molecular complexity index is 920. The van der Waals surface area contributed by atoms with Crippen molar-refractivity contribution in [1.82, 2.24) is 10.3 Å². The molecule has 2 aromatic carbocycles. The number of rotatable bonds is 4. The third-order valence-electron chi connectivity index (χ3n) is 4.04. The lowest BCUT2D eigenvalue weighted by Gasteiger charge is -2.06. The van der Waals surface area contributed by atoms with Gasteiger partial charge in [-0.15, -0.1) is 0 Å². The molecule has 1 aromatic heterocycles. The van der Waals surface area contributed by atoms with Gasteiger partial charge >= 0.3 is 0 Å². The van der Waals surface area contributed by atoms with E-state index in [0.29, 0.717) is 28.6 Å². The number of aromatic nitrogens is 1. The van der Waals surface area contributed by atoms with E-state index < -0.39 is 0 Å². The Morgan fingerprint density at radius 1 is 1.17 bits per heavy atom. The van der Waals surface area contributed by atoms with Crippen molar-refractivity contribution >= 4 is 28.4 Å². The van der Waals surface area contributed by atoms with E-state index in [1.54, 1.807) is 18.2 Å². The third-order valence-corrected chi connectivity index (χ3v) is 4.28. The maximum Gasteiger partial charge on any atom is 0.251 e. The molecule has 0 bridgehead atoms. The quantitative estimate of drug-likeness (QED) is 0.762. The first-order valence-electron chi connectivity index (χ1n) is 7.64. The van der Waals surface area contributed by atoms with Gasteiger partial charge in [0.1, 0.15) is 0 Å². The number of ether oxygens (including phenoxy) is 2. The molecule has 0 radical (unpaired) electrons. The Hall–Kier alpha value is -2.66. The summed E-state index contributed by atoms with van der Waals surface area (Å²) in [6.45, 7) is 0.744. The average Bonchev–Trinajstić information content (AvgIpc) is 3.20. The summed E-state index contributed by atoms with van der Waals surface area (Å²) in [4.78, 5) is 15.4. The second-order valence-electron chi connectivity index (χ2n) is 5.58. The van der Waals surface area contributed by atoms with E-state index >= 15 is 0 Å². The highest BCUT2D eigenvalue weighted by Crippen LogP contribution is 2.32. The molecule has 3 aromatic rings. The van der Waals surface area contributed by atoms with Crippen LogP contribution in [-0.2, 0) is 6.42 Å².